The van der Waals surface area contributed by atoms with Crippen molar-refractivity contribution in [2.24, 2.45) is 5.92 Å². The average molecular weight is 339 g/mol. The van der Waals surface area contributed by atoms with Crippen LogP contribution in [0.25, 0.3) is 0 Å². The molecule has 1 aromatic carbocycles. The van der Waals surface area contributed by atoms with Gasteiger partial charge in [0, 0.05) is 18.2 Å². The number of aliphatic hydroxyl groups is 1. The molecule has 2 heterocycles. The van der Waals surface area contributed by atoms with Gasteiger partial charge in [0.25, 0.3) is 0 Å². The van der Waals surface area contributed by atoms with E-state index in [1.165, 1.54) is 18.4 Å². The molecular formula is C21H25NO3. The summed E-state index contributed by atoms with van der Waals surface area (Å²) in [5.74, 6) is 1.64. The fourth-order valence-electron chi connectivity index (χ4n) is 6.39. The van der Waals surface area contributed by atoms with Gasteiger partial charge in [0.2, 0.25) is 0 Å². The third-order valence-corrected chi connectivity index (χ3v) is 7.71. The number of ether oxygens (including phenoxy) is 1. The van der Waals surface area contributed by atoms with Crippen molar-refractivity contribution >= 4 is 0 Å². The molecule has 6 rings (SSSR count). The van der Waals surface area contributed by atoms with Crippen LogP contribution in [0.1, 0.15) is 43.2 Å². The number of hydrogen-bond donors (Lipinski definition) is 2. The van der Waals surface area contributed by atoms with Crippen molar-refractivity contribution in [1.82, 2.24) is 4.90 Å². The fourth-order valence-corrected chi connectivity index (χ4v) is 6.39. The van der Waals surface area contributed by atoms with E-state index in [2.05, 4.69) is 11.5 Å². The molecule has 4 nitrogen and oxygen atoms in total. The van der Waals surface area contributed by atoms with E-state index in [0.29, 0.717) is 5.75 Å². The van der Waals surface area contributed by atoms with Gasteiger partial charge in [-0.1, -0.05) is 12.6 Å². The lowest BCUT2D eigenvalue weighted by molar-refractivity contribution is -0.174. The Morgan fingerprint density at radius 1 is 1.28 bits per heavy atom. The summed E-state index contributed by atoms with van der Waals surface area (Å²) in [5.41, 5.74) is 2.21. The standard InChI is InChI=1S/C21H25NO3/c1-12-6-7-21(24)16-10-14-4-5-15(23)18-17(14)20(21,19(12)25-18)8-9-22(16)11-13-2-3-13/h4-5,13,16,19,23-24H,1-3,6-11H2/t16?,19-,20?,21+/m0/s1. The summed E-state index contributed by atoms with van der Waals surface area (Å²) in [6.45, 7) is 6.40. The Hall–Kier alpha value is -1.52. The molecule has 0 radical (unpaired) electrons. The van der Waals surface area contributed by atoms with Gasteiger partial charge in [-0.3, -0.25) is 4.90 Å². The highest BCUT2D eigenvalue weighted by atomic mass is 16.5. The molecule has 0 amide bonds. The maximum Gasteiger partial charge on any atom is 0.166 e. The summed E-state index contributed by atoms with van der Waals surface area (Å²) in [6, 6.07) is 3.96. The van der Waals surface area contributed by atoms with Gasteiger partial charge in [0.05, 0.1) is 11.0 Å². The van der Waals surface area contributed by atoms with E-state index in [1.54, 1.807) is 6.07 Å². The van der Waals surface area contributed by atoms with Crippen LogP contribution in [0.15, 0.2) is 24.3 Å². The van der Waals surface area contributed by atoms with Crippen molar-refractivity contribution < 1.29 is 14.9 Å². The number of piperidine rings is 1. The molecule has 5 aliphatic rings. The Bertz CT molecular complexity index is 801. The van der Waals surface area contributed by atoms with Crippen molar-refractivity contribution in [3.63, 3.8) is 0 Å². The SMILES string of the molecule is C=C1CC[C@@]2(O)C3Cc4ccc(O)c5c4C2(CCN3CC2CC2)[C@H]1O5. The van der Waals surface area contributed by atoms with Crippen molar-refractivity contribution in [2.75, 3.05) is 13.1 Å². The number of likely N-dealkylation sites (tertiary alicyclic amines) is 1. The van der Waals surface area contributed by atoms with Gasteiger partial charge in [-0.2, -0.15) is 0 Å². The molecule has 2 N–H and O–H groups in total. The minimum Gasteiger partial charge on any atom is -0.504 e. The van der Waals surface area contributed by atoms with Gasteiger partial charge < -0.3 is 14.9 Å². The average Bonchev–Trinajstić information content (AvgIpc) is 3.32. The summed E-state index contributed by atoms with van der Waals surface area (Å²) >= 11 is 0. The highest BCUT2D eigenvalue weighted by molar-refractivity contribution is 5.63. The smallest absolute Gasteiger partial charge is 0.166 e. The van der Waals surface area contributed by atoms with E-state index < -0.39 is 11.0 Å². The topological polar surface area (TPSA) is 52.9 Å². The summed E-state index contributed by atoms with van der Waals surface area (Å²) in [7, 11) is 0. The molecule has 2 saturated carbocycles. The Labute approximate surface area is 148 Å². The van der Waals surface area contributed by atoms with Crippen LogP contribution in [-0.2, 0) is 11.8 Å². The van der Waals surface area contributed by atoms with Crippen molar-refractivity contribution in [3.05, 3.63) is 35.4 Å². The van der Waals surface area contributed by atoms with Crippen LogP contribution >= 0.6 is 0 Å². The molecule has 4 heteroatoms. The van der Waals surface area contributed by atoms with Crippen molar-refractivity contribution in [3.8, 4) is 11.5 Å². The number of rotatable bonds is 2. The predicted octanol–water partition coefficient (Wildman–Crippen LogP) is 2.51. The first kappa shape index (κ1) is 14.6. The van der Waals surface area contributed by atoms with Gasteiger partial charge in [-0.15, -0.1) is 0 Å². The van der Waals surface area contributed by atoms with Gasteiger partial charge >= 0.3 is 0 Å². The largest absolute Gasteiger partial charge is 0.504 e. The zero-order valence-electron chi connectivity index (χ0n) is 14.5. The van der Waals surface area contributed by atoms with Crippen molar-refractivity contribution in [1.29, 1.82) is 0 Å². The Balaban J connectivity index is 1.58. The lowest BCUT2D eigenvalue weighted by Gasteiger charge is -2.63. The van der Waals surface area contributed by atoms with E-state index in [-0.39, 0.29) is 17.9 Å². The number of nitrogens with zero attached hydrogens (tertiary/aromatic N) is 1. The first-order chi connectivity index (χ1) is 12.0. The second-order valence-corrected chi connectivity index (χ2v) is 8.91. The molecule has 3 aliphatic carbocycles. The second kappa shape index (κ2) is 4.41. The van der Waals surface area contributed by atoms with Crippen LogP contribution in [0.2, 0.25) is 0 Å². The van der Waals surface area contributed by atoms with E-state index in [9.17, 15) is 10.2 Å². The van der Waals surface area contributed by atoms with Crippen LogP contribution in [0.3, 0.4) is 0 Å². The van der Waals surface area contributed by atoms with E-state index in [4.69, 9.17) is 4.74 Å². The van der Waals surface area contributed by atoms with E-state index >= 15 is 0 Å². The Kier molecular flexibility index (Phi) is 2.58. The number of hydrogen-bond acceptors (Lipinski definition) is 4. The molecule has 0 aromatic heterocycles. The summed E-state index contributed by atoms with van der Waals surface area (Å²) in [5, 5.41) is 22.5. The first-order valence-electron chi connectivity index (χ1n) is 9.71. The predicted molar refractivity (Wildman–Crippen MR) is 93.9 cm³/mol. The van der Waals surface area contributed by atoms with Gasteiger partial charge in [-0.05, 0) is 68.2 Å². The quantitative estimate of drug-likeness (QED) is 0.813. The van der Waals surface area contributed by atoms with Crippen LogP contribution in [0.4, 0.5) is 0 Å². The Morgan fingerprint density at radius 2 is 2.12 bits per heavy atom. The number of phenolic OH excluding ortho intramolecular Hbond substituents is 1. The summed E-state index contributed by atoms with van der Waals surface area (Å²) in [6.07, 6.45) is 5.79. The lowest BCUT2D eigenvalue weighted by Crippen LogP contribution is -2.75. The van der Waals surface area contributed by atoms with Gasteiger partial charge in [0.1, 0.15) is 6.10 Å². The molecule has 2 bridgehead atoms. The molecule has 2 aliphatic heterocycles. The van der Waals surface area contributed by atoms with Crippen molar-refractivity contribution in [2.45, 2.75) is 61.7 Å². The van der Waals surface area contributed by atoms with Crippen LogP contribution in [-0.4, -0.2) is 45.9 Å². The van der Waals surface area contributed by atoms with Crippen LogP contribution < -0.4 is 4.74 Å². The highest BCUT2D eigenvalue weighted by Gasteiger charge is 2.71. The third kappa shape index (κ3) is 1.57. The zero-order chi connectivity index (χ0) is 17.0. The molecule has 132 valence electrons. The van der Waals surface area contributed by atoms with Gasteiger partial charge in [-0.25, -0.2) is 0 Å². The van der Waals surface area contributed by atoms with Crippen LogP contribution in [0, 0.1) is 5.92 Å². The fraction of sp³-hybridized carbons (Fsp3) is 0.619. The molecule has 1 spiro atoms. The molecular weight excluding hydrogens is 314 g/mol. The first-order valence-corrected chi connectivity index (χ1v) is 9.71. The maximum absolute atomic E-state index is 12.1. The molecule has 2 unspecified atom stereocenters. The third-order valence-electron chi connectivity index (χ3n) is 7.71. The monoisotopic (exact) mass is 339 g/mol. The maximum atomic E-state index is 12.1. The van der Waals surface area contributed by atoms with Gasteiger partial charge in [0.15, 0.2) is 11.5 Å². The molecule has 1 aromatic rings. The second-order valence-electron chi connectivity index (χ2n) is 8.91. The molecule has 3 fully saturated rings. The molecule has 1 saturated heterocycles. The van der Waals surface area contributed by atoms with E-state index in [0.717, 1.165) is 55.8 Å². The summed E-state index contributed by atoms with van der Waals surface area (Å²) in [4.78, 5) is 2.56. The Morgan fingerprint density at radius 3 is 2.92 bits per heavy atom. The number of benzene rings is 1. The molecule has 25 heavy (non-hydrogen) atoms. The number of aromatic hydroxyl groups is 1. The zero-order valence-corrected chi connectivity index (χ0v) is 14.5. The lowest BCUT2D eigenvalue weighted by atomic mass is 9.48. The summed E-state index contributed by atoms with van der Waals surface area (Å²) < 4.78 is 6.29. The molecule has 4 atom stereocenters. The van der Waals surface area contributed by atoms with E-state index in [1.807, 2.05) is 6.07 Å². The van der Waals surface area contributed by atoms with Crippen LogP contribution in [0.5, 0.6) is 11.5 Å². The number of phenols is 1. The normalized spacial score (nSPS) is 41.4. The highest BCUT2D eigenvalue weighted by Crippen LogP contribution is 2.66. The minimum atomic E-state index is -0.780. The minimum absolute atomic E-state index is 0.157.